The minimum absolute atomic E-state index is 0.395. The summed E-state index contributed by atoms with van der Waals surface area (Å²) < 4.78 is 2.43. The summed E-state index contributed by atoms with van der Waals surface area (Å²) in [5.74, 6) is 1.49. The van der Waals surface area contributed by atoms with E-state index < -0.39 is 6.17 Å². The second-order valence-electron chi connectivity index (χ2n) is 13.4. The number of hydrogen-bond donors (Lipinski definition) is 1. The molecule has 0 bridgehead atoms. The van der Waals surface area contributed by atoms with Crippen molar-refractivity contribution in [3.8, 4) is 27.9 Å². The van der Waals surface area contributed by atoms with Crippen molar-refractivity contribution in [2.24, 2.45) is 9.98 Å². The van der Waals surface area contributed by atoms with Gasteiger partial charge in [0.05, 0.1) is 16.7 Å². The van der Waals surface area contributed by atoms with Crippen LogP contribution in [0.25, 0.3) is 60.5 Å². The number of nitrogens with zero attached hydrogens (tertiary/aromatic N) is 3. The molecule has 1 aliphatic rings. The molecule has 0 aliphatic carbocycles. The quantitative estimate of drug-likeness (QED) is 0.187. The molecule has 1 unspecified atom stereocenters. The fraction of sp³-hybridized carbons (Fsp3) is 0.0204. The maximum absolute atomic E-state index is 5.35. The maximum Gasteiger partial charge on any atom is 0.159 e. The summed E-state index contributed by atoms with van der Waals surface area (Å²) in [6.45, 7) is 0. The Kier molecular flexibility index (Phi) is 7.51. The minimum Gasteiger partial charge on any atom is -0.344 e. The Morgan fingerprint density at radius 3 is 1.77 bits per heavy atom. The third kappa shape index (κ3) is 5.49. The lowest BCUT2D eigenvalue weighted by atomic mass is 9.98. The molecular weight excluding hydrogens is 645 g/mol. The molecule has 2 heterocycles. The van der Waals surface area contributed by atoms with Gasteiger partial charge in [-0.2, -0.15) is 0 Å². The first-order valence-electron chi connectivity index (χ1n) is 18.0. The van der Waals surface area contributed by atoms with Crippen LogP contribution < -0.4 is 5.32 Å². The number of para-hydroxylation sites is 1. The number of aliphatic imine (C=N–C) groups is 2. The van der Waals surface area contributed by atoms with Crippen molar-refractivity contribution < 1.29 is 0 Å². The molecule has 0 saturated carbocycles. The molecular formula is C49H34N4. The van der Waals surface area contributed by atoms with Gasteiger partial charge in [0.1, 0.15) is 12.0 Å². The third-order valence-electron chi connectivity index (χ3n) is 10.3. The van der Waals surface area contributed by atoms with Crippen molar-refractivity contribution >= 4 is 44.2 Å². The largest absolute Gasteiger partial charge is 0.344 e. The van der Waals surface area contributed by atoms with E-state index in [2.05, 4.69) is 192 Å². The molecule has 9 aromatic rings. The zero-order chi connectivity index (χ0) is 35.1. The lowest BCUT2D eigenvalue weighted by Gasteiger charge is -2.26. The predicted molar refractivity (Wildman–Crippen MR) is 221 cm³/mol. The number of rotatable bonds is 6. The van der Waals surface area contributed by atoms with E-state index in [-0.39, 0.29) is 0 Å². The summed E-state index contributed by atoms with van der Waals surface area (Å²) in [4.78, 5) is 10.5. The Morgan fingerprint density at radius 2 is 1.04 bits per heavy atom. The molecule has 1 aromatic heterocycles. The van der Waals surface area contributed by atoms with Crippen LogP contribution in [0.5, 0.6) is 0 Å². The van der Waals surface area contributed by atoms with Gasteiger partial charge in [-0.15, -0.1) is 0 Å². The molecule has 8 aromatic carbocycles. The van der Waals surface area contributed by atoms with Crippen LogP contribution in [0.3, 0.4) is 0 Å². The number of benzene rings is 8. The van der Waals surface area contributed by atoms with E-state index in [0.29, 0.717) is 5.84 Å². The lowest BCUT2D eigenvalue weighted by molar-refractivity contribution is 0.670. The summed E-state index contributed by atoms with van der Waals surface area (Å²) in [6.07, 6.45) is -0.395. The first-order valence-corrected chi connectivity index (χ1v) is 18.0. The monoisotopic (exact) mass is 678 g/mol. The zero-order valence-corrected chi connectivity index (χ0v) is 28.9. The Labute approximate surface area is 308 Å². The number of hydrogen-bond acceptors (Lipinski definition) is 3. The highest BCUT2D eigenvalue weighted by Gasteiger charge is 2.26. The van der Waals surface area contributed by atoms with Gasteiger partial charge in [-0.05, 0) is 57.3 Å². The predicted octanol–water partition coefficient (Wildman–Crippen LogP) is 11.8. The van der Waals surface area contributed by atoms with E-state index in [1.807, 2.05) is 12.1 Å². The van der Waals surface area contributed by atoms with E-state index in [1.54, 1.807) is 0 Å². The van der Waals surface area contributed by atoms with Crippen molar-refractivity contribution in [2.45, 2.75) is 6.17 Å². The van der Waals surface area contributed by atoms with Crippen molar-refractivity contribution in [1.29, 1.82) is 0 Å². The van der Waals surface area contributed by atoms with Crippen LogP contribution in [0.2, 0.25) is 0 Å². The number of aromatic nitrogens is 1. The number of amidine groups is 2. The molecule has 0 spiro atoms. The molecule has 1 N–H and O–H groups in total. The number of nitrogens with one attached hydrogen (secondary N) is 1. The second-order valence-corrected chi connectivity index (χ2v) is 13.4. The van der Waals surface area contributed by atoms with Crippen LogP contribution >= 0.6 is 0 Å². The normalized spacial score (nSPS) is 14.2. The van der Waals surface area contributed by atoms with Gasteiger partial charge in [0.2, 0.25) is 0 Å². The van der Waals surface area contributed by atoms with Gasteiger partial charge in [0.25, 0.3) is 0 Å². The molecule has 0 saturated heterocycles. The van der Waals surface area contributed by atoms with Crippen LogP contribution in [0.1, 0.15) is 22.9 Å². The van der Waals surface area contributed by atoms with E-state index in [0.717, 1.165) is 44.8 Å². The molecule has 10 rings (SSSR count). The SMILES string of the molecule is c1ccc(C2=NC(c3ccc(-c4ccccc4)cc3)=NC(c3ccccc3-n3c4cc5ccccc5cc4c4c(-c5ccccc5)cccc43)N2)cc1. The highest BCUT2D eigenvalue weighted by molar-refractivity contribution is 6.19. The Morgan fingerprint density at radius 1 is 0.453 bits per heavy atom. The topological polar surface area (TPSA) is 41.7 Å². The van der Waals surface area contributed by atoms with Crippen LogP contribution in [0, 0.1) is 0 Å². The molecule has 1 aliphatic heterocycles. The maximum atomic E-state index is 5.35. The number of fused-ring (bicyclic) bond motifs is 4. The van der Waals surface area contributed by atoms with E-state index in [1.165, 1.54) is 38.2 Å². The van der Waals surface area contributed by atoms with Crippen LogP contribution in [-0.4, -0.2) is 16.2 Å². The molecule has 4 heteroatoms. The highest BCUT2D eigenvalue weighted by Crippen LogP contribution is 2.41. The summed E-state index contributed by atoms with van der Waals surface area (Å²) in [6, 6.07) is 68.7. The molecule has 1 atom stereocenters. The Bertz CT molecular complexity index is 2830. The van der Waals surface area contributed by atoms with Crippen LogP contribution in [0.4, 0.5) is 0 Å². The third-order valence-corrected chi connectivity index (χ3v) is 10.3. The fourth-order valence-electron chi connectivity index (χ4n) is 7.72. The van der Waals surface area contributed by atoms with Gasteiger partial charge in [0, 0.05) is 27.5 Å². The van der Waals surface area contributed by atoms with E-state index in [9.17, 15) is 0 Å². The average molecular weight is 679 g/mol. The van der Waals surface area contributed by atoms with Gasteiger partial charge >= 0.3 is 0 Å². The molecule has 250 valence electrons. The first kappa shape index (κ1) is 30.8. The smallest absolute Gasteiger partial charge is 0.159 e. The molecule has 0 fully saturated rings. The average Bonchev–Trinajstić information content (AvgIpc) is 3.56. The van der Waals surface area contributed by atoms with Gasteiger partial charge < -0.3 is 9.88 Å². The van der Waals surface area contributed by atoms with Gasteiger partial charge in [-0.3, -0.25) is 0 Å². The summed E-state index contributed by atoms with van der Waals surface area (Å²) >= 11 is 0. The molecule has 0 radical (unpaired) electrons. The molecule has 53 heavy (non-hydrogen) atoms. The van der Waals surface area contributed by atoms with Crippen molar-refractivity contribution in [1.82, 2.24) is 9.88 Å². The van der Waals surface area contributed by atoms with E-state index in [4.69, 9.17) is 9.98 Å². The van der Waals surface area contributed by atoms with Gasteiger partial charge in [0.15, 0.2) is 5.84 Å². The summed E-state index contributed by atoms with van der Waals surface area (Å²) in [5.41, 5.74) is 11.2. The molecule has 0 amide bonds. The van der Waals surface area contributed by atoms with Crippen LogP contribution in [-0.2, 0) is 0 Å². The van der Waals surface area contributed by atoms with Crippen LogP contribution in [0.15, 0.2) is 204 Å². The molecule has 4 nitrogen and oxygen atoms in total. The van der Waals surface area contributed by atoms with Crippen molar-refractivity contribution in [3.05, 3.63) is 211 Å². The Balaban J connectivity index is 1.18. The standard InChI is InChI=1S/C49H34N4/c1-4-15-33(16-5-1)34-27-29-37(30-28-34)48-50-47(36-19-8-3-9-20-36)51-49(52-48)41-23-12-13-25-43(41)53-44-26-14-24-40(35-17-6-2-7-18-35)46(44)42-31-38-21-10-11-22-39(38)32-45(42)53/h1-32,49H,(H,50,51,52). The van der Waals surface area contributed by atoms with Crippen molar-refractivity contribution in [2.75, 3.05) is 0 Å². The highest BCUT2D eigenvalue weighted by atomic mass is 15.2. The Hall–Kier alpha value is -7.04. The summed E-state index contributed by atoms with van der Waals surface area (Å²) in [7, 11) is 0. The van der Waals surface area contributed by atoms with Gasteiger partial charge in [-0.1, -0.05) is 170 Å². The minimum atomic E-state index is -0.395. The first-order chi connectivity index (χ1) is 26.3. The van der Waals surface area contributed by atoms with E-state index >= 15 is 0 Å². The fourth-order valence-corrected chi connectivity index (χ4v) is 7.72. The van der Waals surface area contributed by atoms with Gasteiger partial charge in [-0.25, -0.2) is 9.98 Å². The zero-order valence-electron chi connectivity index (χ0n) is 28.9. The second kappa shape index (κ2) is 12.9. The van der Waals surface area contributed by atoms with Crippen molar-refractivity contribution in [3.63, 3.8) is 0 Å². The lowest BCUT2D eigenvalue weighted by Crippen LogP contribution is -2.34. The summed E-state index contributed by atoms with van der Waals surface area (Å²) in [5, 5.41) is 8.62.